The van der Waals surface area contributed by atoms with Gasteiger partial charge in [0.15, 0.2) is 10.6 Å². The van der Waals surface area contributed by atoms with E-state index in [1.165, 1.54) is 22.8 Å². The van der Waals surface area contributed by atoms with Crippen LogP contribution in [0, 0.1) is 0 Å². The molecule has 32 heavy (non-hydrogen) atoms. The number of benzene rings is 2. The molecule has 1 aromatic heterocycles. The van der Waals surface area contributed by atoms with Crippen molar-refractivity contribution in [1.82, 2.24) is 4.57 Å². The molecule has 1 aliphatic carbocycles. The van der Waals surface area contributed by atoms with Crippen LogP contribution >= 0.6 is 11.3 Å². The SMILES string of the molecule is O=C1CCCC2=C1C(c1ccccc1)n1c(s/c(=C/c3cccc(C(F)(F)F)c3)c1=O)=N2. The number of carbonyl (C=O) groups is 1. The summed E-state index contributed by atoms with van der Waals surface area (Å²) in [6, 6.07) is 13.6. The minimum Gasteiger partial charge on any atom is -0.294 e. The van der Waals surface area contributed by atoms with Gasteiger partial charge < -0.3 is 0 Å². The first-order valence-corrected chi connectivity index (χ1v) is 10.9. The summed E-state index contributed by atoms with van der Waals surface area (Å²) in [6.45, 7) is 0. The average Bonchev–Trinajstić information content (AvgIpc) is 3.07. The fourth-order valence-corrected chi connectivity index (χ4v) is 5.24. The van der Waals surface area contributed by atoms with Crippen molar-refractivity contribution in [2.75, 3.05) is 0 Å². The third-order valence-electron chi connectivity index (χ3n) is 5.65. The van der Waals surface area contributed by atoms with Crippen LogP contribution < -0.4 is 14.9 Å². The van der Waals surface area contributed by atoms with Gasteiger partial charge in [-0.15, -0.1) is 0 Å². The predicted octanol–water partition coefficient (Wildman–Crippen LogP) is 3.99. The van der Waals surface area contributed by atoms with Crippen LogP contribution in [0.15, 0.2) is 75.7 Å². The summed E-state index contributed by atoms with van der Waals surface area (Å²) in [5, 5.41) is 0. The molecule has 0 fully saturated rings. The van der Waals surface area contributed by atoms with Gasteiger partial charge in [-0.25, -0.2) is 4.99 Å². The molecular formula is C24H17F3N2O2S. The Morgan fingerprint density at radius 3 is 2.56 bits per heavy atom. The first-order valence-electron chi connectivity index (χ1n) is 10.1. The number of hydrogen-bond acceptors (Lipinski definition) is 4. The number of alkyl halides is 3. The molecule has 1 aliphatic heterocycles. The molecule has 2 aliphatic rings. The number of thiazole rings is 1. The molecule has 5 rings (SSSR count). The zero-order chi connectivity index (χ0) is 22.5. The molecule has 0 amide bonds. The van der Waals surface area contributed by atoms with Crippen LogP contribution in [0.3, 0.4) is 0 Å². The molecule has 1 unspecified atom stereocenters. The van der Waals surface area contributed by atoms with Crippen molar-refractivity contribution < 1.29 is 18.0 Å². The number of carbonyl (C=O) groups excluding carboxylic acids is 1. The minimum absolute atomic E-state index is 0.0176. The van der Waals surface area contributed by atoms with E-state index in [4.69, 9.17) is 0 Å². The number of ketones is 1. The molecule has 0 saturated heterocycles. The molecule has 2 heterocycles. The van der Waals surface area contributed by atoms with Gasteiger partial charge in [0, 0.05) is 12.0 Å². The standard InChI is InChI=1S/C24H17F3N2O2S/c25-24(26,27)16-9-4-6-14(12-16)13-19-22(31)29-21(15-7-2-1-3-8-15)20-17(28-23(29)32-19)10-5-11-18(20)30/h1-4,6-9,12-13,21H,5,10-11H2/b19-13+. The summed E-state index contributed by atoms with van der Waals surface area (Å²) >= 11 is 1.13. The maximum Gasteiger partial charge on any atom is 0.416 e. The summed E-state index contributed by atoms with van der Waals surface area (Å²) in [6.07, 6.45) is -1.24. The maximum absolute atomic E-state index is 13.4. The summed E-state index contributed by atoms with van der Waals surface area (Å²) in [7, 11) is 0. The van der Waals surface area contributed by atoms with Crippen molar-refractivity contribution >= 4 is 23.2 Å². The number of halogens is 3. The topological polar surface area (TPSA) is 51.4 Å². The van der Waals surface area contributed by atoms with E-state index in [2.05, 4.69) is 4.99 Å². The Hall–Kier alpha value is -3.26. The summed E-state index contributed by atoms with van der Waals surface area (Å²) in [5.74, 6) is -0.0176. The smallest absolute Gasteiger partial charge is 0.294 e. The van der Waals surface area contributed by atoms with Gasteiger partial charge in [0.05, 0.1) is 21.8 Å². The lowest BCUT2D eigenvalue weighted by molar-refractivity contribution is -0.137. The molecule has 8 heteroatoms. The van der Waals surface area contributed by atoms with E-state index in [1.807, 2.05) is 30.3 Å². The molecule has 0 N–H and O–H groups in total. The zero-order valence-corrected chi connectivity index (χ0v) is 17.5. The highest BCUT2D eigenvalue weighted by Gasteiger charge is 2.35. The van der Waals surface area contributed by atoms with Gasteiger partial charge >= 0.3 is 6.18 Å². The summed E-state index contributed by atoms with van der Waals surface area (Å²) in [4.78, 5) is 31.3. The molecule has 0 radical (unpaired) electrons. The van der Waals surface area contributed by atoms with Crippen LogP contribution in [-0.2, 0) is 11.0 Å². The molecule has 4 nitrogen and oxygen atoms in total. The van der Waals surface area contributed by atoms with Gasteiger partial charge in [-0.2, -0.15) is 13.2 Å². The van der Waals surface area contributed by atoms with E-state index < -0.39 is 17.8 Å². The Bertz CT molecular complexity index is 1430. The van der Waals surface area contributed by atoms with Gasteiger partial charge in [0.2, 0.25) is 0 Å². The summed E-state index contributed by atoms with van der Waals surface area (Å²) in [5.41, 5.74) is 1.17. The second-order valence-electron chi connectivity index (χ2n) is 7.75. The van der Waals surface area contributed by atoms with Crippen LogP contribution in [0.2, 0.25) is 0 Å². The first-order chi connectivity index (χ1) is 15.3. The highest BCUT2D eigenvalue weighted by molar-refractivity contribution is 7.07. The van der Waals surface area contributed by atoms with Gasteiger partial charge in [-0.1, -0.05) is 53.8 Å². The normalized spacial score (nSPS) is 18.9. The van der Waals surface area contributed by atoms with Gasteiger partial charge in [-0.3, -0.25) is 14.2 Å². The van der Waals surface area contributed by atoms with Crippen molar-refractivity contribution in [1.29, 1.82) is 0 Å². The Morgan fingerprint density at radius 1 is 1.03 bits per heavy atom. The van der Waals surface area contributed by atoms with Crippen molar-refractivity contribution in [3.05, 3.63) is 102 Å². The molecule has 0 spiro atoms. The van der Waals surface area contributed by atoms with E-state index in [0.29, 0.717) is 35.3 Å². The number of aromatic nitrogens is 1. The van der Waals surface area contributed by atoms with Crippen LogP contribution in [-0.4, -0.2) is 10.4 Å². The monoisotopic (exact) mass is 454 g/mol. The zero-order valence-electron chi connectivity index (χ0n) is 16.7. The predicted molar refractivity (Wildman–Crippen MR) is 115 cm³/mol. The number of Topliss-reactive ketones (excluding diaryl/α,β-unsaturated/α-hetero) is 1. The molecule has 0 bridgehead atoms. The molecular weight excluding hydrogens is 437 g/mol. The van der Waals surface area contributed by atoms with Crippen molar-refractivity contribution in [2.24, 2.45) is 4.99 Å². The second-order valence-corrected chi connectivity index (χ2v) is 8.76. The second kappa shape index (κ2) is 7.70. The third-order valence-corrected chi connectivity index (χ3v) is 6.64. The number of allylic oxidation sites excluding steroid dienone is 2. The van der Waals surface area contributed by atoms with Crippen molar-refractivity contribution in [2.45, 2.75) is 31.5 Å². The first kappa shape index (κ1) is 20.6. The van der Waals surface area contributed by atoms with Crippen LogP contribution in [0.4, 0.5) is 13.2 Å². The fourth-order valence-electron chi connectivity index (χ4n) is 4.22. The Balaban J connectivity index is 1.72. The lowest BCUT2D eigenvalue weighted by atomic mass is 9.86. The number of fused-ring (bicyclic) bond motifs is 1. The fraction of sp³-hybridized carbons (Fsp3) is 0.208. The van der Waals surface area contributed by atoms with Gasteiger partial charge in [0.1, 0.15) is 0 Å². The maximum atomic E-state index is 13.4. The third kappa shape index (κ3) is 3.54. The Morgan fingerprint density at radius 2 is 1.81 bits per heavy atom. The largest absolute Gasteiger partial charge is 0.416 e. The van der Waals surface area contributed by atoms with E-state index in [0.717, 1.165) is 29.0 Å². The highest BCUT2D eigenvalue weighted by atomic mass is 32.1. The van der Waals surface area contributed by atoms with Gasteiger partial charge in [-0.05, 0) is 42.2 Å². The Labute approximate surface area is 184 Å². The van der Waals surface area contributed by atoms with E-state index in [-0.39, 0.29) is 21.4 Å². The molecule has 1 atom stereocenters. The molecule has 162 valence electrons. The minimum atomic E-state index is -4.47. The number of hydrogen-bond donors (Lipinski definition) is 0. The van der Waals surface area contributed by atoms with E-state index in [9.17, 15) is 22.8 Å². The van der Waals surface area contributed by atoms with Crippen molar-refractivity contribution in [3.8, 4) is 0 Å². The lowest BCUT2D eigenvalue weighted by Crippen LogP contribution is -2.40. The van der Waals surface area contributed by atoms with Crippen LogP contribution in [0.5, 0.6) is 0 Å². The quantitative estimate of drug-likeness (QED) is 0.588. The van der Waals surface area contributed by atoms with E-state index >= 15 is 0 Å². The van der Waals surface area contributed by atoms with Crippen molar-refractivity contribution in [3.63, 3.8) is 0 Å². The number of rotatable bonds is 2. The molecule has 2 aromatic carbocycles. The number of nitrogens with zero attached hydrogens (tertiary/aromatic N) is 2. The highest BCUT2D eigenvalue weighted by Crippen LogP contribution is 2.36. The van der Waals surface area contributed by atoms with E-state index in [1.54, 1.807) is 0 Å². The molecule has 0 saturated carbocycles. The summed E-state index contributed by atoms with van der Waals surface area (Å²) < 4.78 is 41.0. The molecule has 3 aromatic rings. The average molecular weight is 454 g/mol. The Kier molecular flexibility index (Phi) is 4.97. The van der Waals surface area contributed by atoms with Crippen LogP contribution in [0.25, 0.3) is 6.08 Å². The lowest BCUT2D eigenvalue weighted by Gasteiger charge is -2.28. The van der Waals surface area contributed by atoms with Crippen LogP contribution in [0.1, 0.15) is 42.0 Å². The van der Waals surface area contributed by atoms with Gasteiger partial charge in [0.25, 0.3) is 5.56 Å².